The Labute approximate surface area is 172 Å². The Hall–Kier alpha value is -2.68. The first kappa shape index (κ1) is 21.0. The van der Waals surface area contributed by atoms with E-state index in [2.05, 4.69) is 10.4 Å². The molecule has 29 heavy (non-hydrogen) atoms. The second kappa shape index (κ2) is 8.77. The van der Waals surface area contributed by atoms with Gasteiger partial charge in [0.25, 0.3) is 5.91 Å². The van der Waals surface area contributed by atoms with Crippen LogP contribution in [-0.4, -0.2) is 38.8 Å². The van der Waals surface area contributed by atoms with Crippen molar-refractivity contribution in [1.82, 2.24) is 9.78 Å². The van der Waals surface area contributed by atoms with Gasteiger partial charge in [0, 0.05) is 11.1 Å². The van der Waals surface area contributed by atoms with Crippen molar-refractivity contribution in [3.63, 3.8) is 0 Å². The van der Waals surface area contributed by atoms with Gasteiger partial charge in [-0.1, -0.05) is 6.92 Å². The monoisotopic (exact) mass is 419 g/mol. The van der Waals surface area contributed by atoms with E-state index in [9.17, 15) is 19.5 Å². The van der Waals surface area contributed by atoms with Gasteiger partial charge < -0.3 is 15.2 Å². The number of aliphatic carboxylic acids is 1. The zero-order chi connectivity index (χ0) is 21.1. The first-order chi connectivity index (χ1) is 13.8. The van der Waals surface area contributed by atoms with Gasteiger partial charge in [0.2, 0.25) is 0 Å². The Kier molecular flexibility index (Phi) is 6.36. The van der Waals surface area contributed by atoms with Gasteiger partial charge in [0.15, 0.2) is 0 Å². The molecule has 0 aliphatic heterocycles. The highest BCUT2D eigenvalue weighted by atomic mass is 32.1. The Morgan fingerprint density at radius 1 is 1.31 bits per heavy atom. The smallest absolute Gasteiger partial charge is 0.341 e. The topological polar surface area (TPSA) is 111 Å². The molecule has 0 fully saturated rings. The SMILES string of the molecule is CCC(C)OC(=O)c1c(NC(=O)c2ccnn2C(C)C(=O)O)sc2c1CCCC2. The molecular formula is C20H25N3O5S. The first-order valence-corrected chi connectivity index (χ1v) is 10.6. The molecule has 0 saturated heterocycles. The molecule has 1 aliphatic carbocycles. The Bertz CT molecular complexity index is 933. The van der Waals surface area contributed by atoms with Crippen molar-refractivity contribution in [3.05, 3.63) is 34.0 Å². The highest BCUT2D eigenvalue weighted by molar-refractivity contribution is 7.17. The average molecular weight is 420 g/mol. The molecule has 2 unspecified atom stereocenters. The fourth-order valence-electron chi connectivity index (χ4n) is 3.27. The minimum atomic E-state index is -1.09. The minimum absolute atomic E-state index is 0.118. The number of nitrogens with zero attached hydrogens (tertiary/aromatic N) is 2. The molecule has 2 aromatic rings. The molecule has 1 aliphatic rings. The molecule has 156 valence electrons. The van der Waals surface area contributed by atoms with E-state index in [1.165, 1.54) is 30.5 Å². The molecule has 0 spiro atoms. The molecule has 3 rings (SSSR count). The van der Waals surface area contributed by atoms with Crippen LogP contribution in [0, 0.1) is 0 Å². The molecule has 0 saturated carbocycles. The van der Waals surface area contributed by atoms with Crippen LogP contribution in [0.1, 0.15) is 77.4 Å². The number of amides is 1. The maximum atomic E-state index is 12.9. The molecule has 0 bridgehead atoms. The Morgan fingerprint density at radius 3 is 2.72 bits per heavy atom. The van der Waals surface area contributed by atoms with Gasteiger partial charge in [-0.2, -0.15) is 5.10 Å². The van der Waals surface area contributed by atoms with Crippen LogP contribution in [0.5, 0.6) is 0 Å². The summed E-state index contributed by atoms with van der Waals surface area (Å²) in [6.45, 7) is 5.22. The predicted molar refractivity (Wildman–Crippen MR) is 109 cm³/mol. The summed E-state index contributed by atoms with van der Waals surface area (Å²) in [6, 6.07) is 0.469. The Balaban J connectivity index is 1.92. The average Bonchev–Trinajstić information content (AvgIpc) is 3.31. The van der Waals surface area contributed by atoms with Gasteiger partial charge in [0.1, 0.15) is 16.7 Å². The van der Waals surface area contributed by atoms with Gasteiger partial charge >= 0.3 is 11.9 Å². The number of carbonyl (C=O) groups excluding carboxylic acids is 2. The van der Waals surface area contributed by atoms with E-state index in [0.717, 1.165) is 40.8 Å². The second-order valence-electron chi connectivity index (χ2n) is 7.17. The van der Waals surface area contributed by atoms with Crippen molar-refractivity contribution in [2.24, 2.45) is 0 Å². The summed E-state index contributed by atoms with van der Waals surface area (Å²) in [4.78, 5) is 38.1. The number of fused-ring (bicyclic) bond motifs is 1. The van der Waals surface area contributed by atoms with E-state index in [1.807, 2.05) is 13.8 Å². The summed E-state index contributed by atoms with van der Waals surface area (Å²) in [6.07, 6.45) is 5.54. The zero-order valence-corrected chi connectivity index (χ0v) is 17.5. The fourth-order valence-corrected chi connectivity index (χ4v) is 4.54. The van der Waals surface area contributed by atoms with Crippen LogP contribution in [-0.2, 0) is 22.4 Å². The summed E-state index contributed by atoms with van der Waals surface area (Å²) in [5, 5.41) is 16.4. The van der Waals surface area contributed by atoms with Gasteiger partial charge in [-0.3, -0.25) is 4.79 Å². The highest BCUT2D eigenvalue weighted by Crippen LogP contribution is 2.39. The van der Waals surface area contributed by atoms with Crippen LogP contribution >= 0.6 is 11.3 Å². The molecule has 2 aromatic heterocycles. The molecule has 2 atom stereocenters. The van der Waals surface area contributed by atoms with Crippen LogP contribution in [0.25, 0.3) is 0 Å². The molecule has 8 nitrogen and oxygen atoms in total. The number of aryl methyl sites for hydroxylation is 1. The summed E-state index contributed by atoms with van der Waals surface area (Å²) < 4.78 is 6.69. The third kappa shape index (κ3) is 4.34. The molecular weight excluding hydrogens is 394 g/mol. The number of rotatable bonds is 7. The van der Waals surface area contributed by atoms with E-state index in [4.69, 9.17) is 4.74 Å². The number of hydrogen-bond acceptors (Lipinski definition) is 6. The normalized spacial score (nSPS) is 15.3. The lowest BCUT2D eigenvalue weighted by atomic mass is 9.95. The van der Waals surface area contributed by atoms with E-state index in [-0.39, 0.29) is 11.8 Å². The number of hydrogen-bond donors (Lipinski definition) is 2. The molecule has 1 amide bonds. The van der Waals surface area contributed by atoms with Gasteiger partial charge in [-0.25, -0.2) is 14.3 Å². The molecule has 0 aromatic carbocycles. The largest absolute Gasteiger partial charge is 0.480 e. The van der Waals surface area contributed by atoms with Crippen LogP contribution in [0.15, 0.2) is 12.3 Å². The number of carboxylic acids is 1. The molecule has 2 heterocycles. The van der Waals surface area contributed by atoms with E-state index < -0.39 is 23.9 Å². The van der Waals surface area contributed by atoms with Crippen molar-refractivity contribution in [1.29, 1.82) is 0 Å². The minimum Gasteiger partial charge on any atom is -0.480 e. The van der Waals surface area contributed by atoms with Crippen LogP contribution in [0.2, 0.25) is 0 Å². The second-order valence-corrected chi connectivity index (χ2v) is 8.27. The maximum absolute atomic E-state index is 12.9. The zero-order valence-electron chi connectivity index (χ0n) is 16.7. The van der Waals surface area contributed by atoms with Crippen molar-refractivity contribution in [3.8, 4) is 0 Å². The number of aromatic nitrogens is 2. The van der Waals surface area contributed by atoms with Crippen LogP contribution in [0.3, 0.4) is 0 Å². The summed E-state index contributed by atoms with van der Waals surface area (Å²) in [5.41, 5.74) is 1.50. The van der Waals surface area contributed by atoms with Gasteiger partial charge in [-0.05, 0) is 57.6 Å². The van der Waals surface area contributed by atoms with E-state index in [0.29, 0.717) is 17.0 Å². The third-order valence-electron chi connectivity index (χ3n) is 5.11. The lowest BCUT2D eigenvalue weighted by Crippen LogP contribution is -2.24. The summed E-state index contributed by atoms with van der Waals surface area (Å²) in [7, 11) is 0. The summed E-state index contributed by atoms with van der Waals surface area (Å²) in [5.74, 6) is -2.03. The standard InChI is InChI=1S/C20H25N3O5S/c1-4-11(2)28-20(27)16-13-7-5-6-8-15(13)29-18(16)22-17(24)14-9-10-21-23(14)12(3)19(25)26/h9-12H,4-8H2,1-3H3,(H,22,24)(H,25,26). The van der Waals surface area contributed by atoms with Gasteiger partial charge in [0.05, 0.1) is 11.7 Å². The first-order valence-electron chi connectivity index (χ1n) is 9.76. The van der Waals surface area contributed by atoms with E-state index in [1.54, 1.807) is 0 Å². The number of thiophene rings is 1. The van der Waals surface area contributed by atoms with Crippen molar-refractivity contribution in [2.45, 2.75) is 65.0 Å². The van der Waals surface area contributed by atoms with Crippen molar-refractivity contribution >= 4 is 34.2 Å². The lowest BCUT2D eigenvalue weighted by Gasteiger charge is -2.15. The number of carbonyl (C=O) groups is 3. The highest BCUT2D eigenvalue weighted by Gasteiger charge is 2.29. The maximum Gasteiger partial charge on any atom is 0.341 e. The molecule has 9 heteroatoms. The number of anilines is 1. The number of nitrogens with one attached hydrogen (secondary N) is 1. The lowest BCUT2D eigenvalue weighted by molar-refractivity contribution is -0.140. The quantitative estimate of drug-likeness (QED) is 0.663. The molecule has 0 radical (unpaired) electrons. The summed E-state index contributed by atoms with van der Waals surface area (Å²) >= 11 is 1.39. The van der Waals surface area contributed by atoms with Crippen LogP contribution < -0.4 is 5.32 Å². The van der Waals surface area contributed by atoms with Gasteiger partial charge in [-0.15, -0.1) is 11.3 Å². The third-order valence-corrected chi connectivity index (χ3v) is 6.32. The fraction of sp³-hybridized carbons (Fsp3) is 0.500. The van der Waals surface area contributed by atoms with Crippen molar-refractivity contribution in [2.75, 3.05) is 5.32 Å². The van der Waals surface area contributed by atoms with Crippen molar-refractivity contribution < 1.29 is 24.2 Å². The molecule has 2 N–H and O–H groups in total. The predicted octanol–water partition coefficient (Wildman–Crippen LogP) is 3.68. The number of esters is 1. The van der Waals surface area contributed by atoms with E-state index >= 15 is 0 Å². The number of ether oxygens (including phenoxy) is 1. The van der Waals surface area contributed by atoms with Crippen LogP contribution in [0.4, 0.5) is 5.00 Å². The number of carboxylic acid groups (broad SMARTS) is 1. The Morgan fingerprint density at radius 2 is 2.03 bits per heavy atom.